The summed E-state index contributed by atoms with van der Waals surface area (Å²) < 4.78 is 0. The minimum Gasteiger partial charge on any atom is -0.478 e. The molecule has 0 aromatic heterocycles. The number of aliphatic carboxylic acids is 1. The van der Waals surface area contributed by atoms with Crippen molar-refractivity contribution >= 4 is 5.97 Å². The first-order valence-corrected chi connectivity index (χ1v) is 8.41. The number of hydrogen-bond donors (Lipinski definition) is 1. The van der Waals surface area contributed by atoms with Crippen LogP contribution in [0.5, 0.6) is 0 Å². The SMILES string of the molecule is CCCCCCCCCCCCCCC=C=CC(=O)O. The summed E-state index contributed by atoms with van der Waals surface area (Å²) in [5.41, 5.74) is 2.67. The van der Waals surface area contributed by atoms with E-state index < -0.39 is 5.97 Å². The van der Waals surface area contributed by atoms with Gasteiger partial charge in [0, 0.05) is 0 Å². The summed E-state index contributed by atoms with van der Waals surface area (Å²) in [6.45, 7) is 2.26. The summed E-state index contributed by atoms with van der Waals surface area (Å²) in [6.07, 6.45) is 20.1. The third-order valence-corrected chi connectivity index (χ3v) is 3.53. The van der Waals surface area contributed by atoms with Gasteiger partial charge in [-0.15, -0.1) is 5.73 Å². The molecule has 0 saturated heterocycles. The first kappa shape index (κ1) is 19.0. The van der Waals surface area contributed by atoms with Gasteiger partial charge in [0.1, 0.15) is 0 Å². The van der Waals surface area contributed by atoms with Crippen LogP contribution in [0.1, 0.15) is 90.4 Å². The number of carboxylic acid groups (broad SMARTS) is 1. The standard InChI is InChI=1S/C18H32O2/c1-2-3-4-5-6-7-8-9-10-11-12-13-14-15-16-17-18(19)20/h15,17H,2-14H2,1H3,(H,19,20). The predicted octanol–water partition coefficient (Wildman–Crippen LogP) is 5.87. The maximum Gasteiger partial charge on any atom is 0.336 e. The lowest BCUT2D eigenvalue weighted by molar-refractivity contribution is -0.131. The number of unbranched alkanes of at least 4 members (excludes halogenated alkanes) is 12. The van der Waals surface area contributed by atoms with Crippen LogP contribution in [0.15, 0.2) is 17.9 Å². The van der Waals surface area contributed by atoms with E-state index in [1.807, 2.05) is 6.08 Å². The zero-order valence-electron chi connectivity index (χ0n) is 13.2. The van der Waals surface area contributed by atoms with Crippen LogP contribution in [0.4, 0.5) is 0 Å². The number of hydrogen-bond acceptors (Lipinski definition) is 1. The summed E-state index contributed by atoms with van der Waals surface area (Å²) in [5.74, 6) is -0.920. The van der Waals surface area contributed by atoms with Crippen LogP contribution in [-0.2, 0) is 4.79 Å². The maximum absolute atomic E-state index is 10.2. The van der Waals surface area contributed by atoms with Crippen LogP contribution in [0.3, 0.4) is 0 Å². The van der Waals surface area contributed by atoms with Gasteiger partial charge in [-0.05, 0) is 18.9 Å². The van der Waals surface area contributed by atoms with Crippen molar-refractivity contribution in [3.8, 4) is 0 Å². The van der Waals surface area contributed by atoms with Gasteiger partial charge in [0.05, 0.1) is 6.08 Å². The molecular weight excluding hydrogens is 248 g/mol. The number of carbonyl (C=O) groups is 1. The van der Waals surface area contributed by atoms with E-state index in [-0.39, 0.29) is 0 Å². The lowest BCUT2D eigenvalue weighted by Crippen LogP contribution is -1.83. The molecule has 0 amide bonds. The minimum atomic E-state index is -0.920. The molecular formula is C18H32O2. The minimum absolute atomic E-state index is 0.920. The summed E-state index contributed by atoms with van der Waals surface area (Å²) in [6, 6.07) is 0. The average Bonchev–Trinajstić information content (AvgIpc) is 2.43. The van der Waals surface area contributed by atoms with Crippen LogP contribution >= 0.6 is 0 Å². The van der Waals surface area contributed by atoms with E-state index in [9.17, 15) is 4.79 Å². The molecule has 0 spiro atoms. The molecule has 0 fully saturated rings. The van der Waals surface area contributed by atoms with Crippen LogP contribution in [0, 0.1) is 0 Å². The van der Waals surface area contributed by atoms with Crippen LogP contribution < -0.4 is 0 Å². The Bertz CT molecular complexity index is 275. The molecule has 0 saturated carbocycles. The van der Waals surface area contributed by atoms with E-state index in [0.717, 1.165) is 18.9 Å². The van der Waals surface area contributed by atoms with Gasteiger partial charge in [0.2, 0.25) is 0 Å². The van der Waals surface area contributed by atoms with Gasteiger partial charge in [-0.1, -0.05) is 77.6 Å². The molecule has 2 nitrogen and oxygen atoms in total. The summed E-state index contributed by atoms with van der Waals surface area (Å²) in [4.78, 5) is 10.2. The smallest absolute Gasteiger partial charge is 0.336 e. The quantitative estimate of drug-likeness (QED) is 0.245. The lowest BCUT2D eigenvalue weighted by Gasteiger charge is -2.02. The first-order valence-electron chi connectivity index (χ1n) is 8.41. The second-order valence-corrected chi connectivity index (χ2v) is 5.53. The van der Waals surface area contributed by atoms with E-state index >= 15 is 0 Å². The molecule has 0 aromatic rings. The van der Waals surface area contributed by atoms with Gasteiger partial charge in [-0.25, -0.2) is 4.79 Å². The second kappa shape index (κ2) is 16.0. The normalized spacial score (nSPS) is 10.1. The third kappa shape index (κ3) is 17.0. The molecule has 0 bridgehead atoms. The molecule has 0 rings (SSSR count). The Kier molecular flexibility index (Phi) is 15.2. The Labute approximate surface area is 125 Å². The Hall–Kier alpha value is -1.01. The zero-order valence-corrected chi connectivity index (χ0v) is 13.2. The second-order valence-electron chi connectivity index (χ2n) is 5.53. The van der Waals surface area contributed by atoms with Gasteiger partial charge in [0.25, 0.3) is 0 Å². The van der Waals surface area contributed by atoms with E-state index in [2.05, 4.69) is 12.7 Å². The summed E-state index contributed by atoms with van der Waals surface area (Å²) in [7, 11) is 0. The first-order chi connectivity index (χ1) is 9.77. The largest absolute Gasteiger partial charge is 0.478 e. The fraction of sp³-hybridized carbons (Fsp3) is 0.778. The number of rotatable bonds is 14. The van der Waals surface area contributed by atoms with Gasteiger partial charge >= 0.3 is 5.97 Å². The molecule has 0 unspecified atom stereocenters. The molecule has 0 aliphatic carbocycles. The van der Waals surface area contributed by atoms with E-state index in [0.29, 0.717) is 0 Å². The van der Waals surface area contributed by atoms with Crippen molar-refractivity contribution in [2.45, 2.75) is 90.4 Å². The Morgan fingerprint density at radius 2 is 1.30 bits per heavy atom. The Morgan fingerprint density at radius 3 is 1.75 bits per heavy atom. The van der Waals surface area contributed by atoms with Crippen molar-refractivity contribution in [1.82, 2.24) is 0 Å². The molecule has 0 aromatic carbocycles. The maximum atomic E-state index is 10.2. The van der Waals surface area contributed by atoms with Crippen molar-refractivity contribution < 1.29 is 9.90 Å². The lowest BCUT2D eigenvalue weighted by atomic mass is 10.0. The molecule has 20 heavy (non-hydrogen) atoms. The van der Waals surface area contributed by atoms with Gasteiger partial charge < -0.3 is 5.11 Å². The van der Waals surface area contributed by atoms with E-state index in [1.165, 1.54) is 70.6 Å². The van der Waals surface area contributed by atoms with E-state index in [1.54, 1.807) is 0 Å². The summed E-state index contributed by atoms with van der Waals surface area (Å²) in [5, 5.41) is 8.38. The van der Waals surface area contributed by atoms with Crippen molar-refractivity contribution in [2.75, 3.05) is 0 Å². The molecule has 0 aliphatic rings. The monoisotopic (exact) mass is 280 g/mol. The molecule has 0 atom stereocenters. The van der Waals surface area contributed by atoms with Gasteiger partial charge in [0.15, 0.2) is 0 Å². The number of carboxylic acids is 1. The van der Waals surface area contributed by atoms with E-state index in [4.69, 9.17) is 5.11 Å². The van der Waals surface area contributed by atoms with Crippen molar-refractivity contribution in [3.63, 3.8) is 0 Å². The average molecular weight is 280 g/mol. The highest BCUT2D eigenvalue weighted by Crippen LogP contribution is 2.12. The molecule has 2 heteroatoms. The molecule has 0 radical (unpaired) electrons. The van der Waals surface area contributed by atoms with Crippen molar-refractivity contribution in [1.29, 1.82) is 0 Å². The van der Waals surface area contributed by atoms with Crippen LogP contribution in [0.2, 0.25) is 0 Å². The molecule has 116 valence electrons. The highest BCUT2D eigenvalue weighted by molar-refractivity contribution is 5.79. The zero-order chi connectivity index (χ0) is 14.9. The topological polar surface area (TPSA) is 37.3 Å². The highest BCUT2D eigenvalue weighted by atomic mass is 16.4. The Balaban J connectivity index is 3.10. The summed E-state index contributed by atoms with van der Waals surface area (Å²) >= 11 is 0. The molecule has 1 N–H and O–H groups in total. The van der Waals surface area contributed by atoms with Crippen LogP contribution in [0.25, 0.3) is 0 Å². The fourth-order valence-electron chi connectivity index (χ4n) is 2.30. The molecule has 0 heterocycles. The molecule has 0 aliphatic heterocycles. The van der Waals surface area contributed by atoms with Crippen molar-refractivity contribution in [2.24, 2.45) is 0 Å². The van der Waals surface area contributed by atoms with Gasteiger partial charge in [-0.3, -0.25) is 0 Å². The van der Waals surface area contributed by atoms with Gasteiger partial charge in [-0.2, -0.15) is 0 Å². The van der Waals surface area contributed by atoms with Crippen molar-refractivity contribution in [3.05, 3.63) is 17.9 Å². The fourth-order valence-corrected chi connectivity index (χ4v) is 2.30. The third-order valence-electron chi connectivity index (χ3n) is 3.53. The Morgan fingerprint density at radius 1 is 0.850 bits per heavy atom. The predicted molar refractivity (Wildman–Crippen MR) is 86.0 cm³/mol. The highest BCUT2D eigenvalue weighted by Gasteiger charge is 1.92. The van der Waals surface area contributed by atoms with Crippen LogP contribution in [-0.4, -0.2) is 11.1 Å².